The molecule has 1 fully saturated rings. The maximum absolute atomic E-state index is 12.2. The molecular formula is C16H22N2O6S. The molecule has 9 heteroatoms. The van der Waals surface area contributed by atoms with Gasteiger partial charge >= 0.3 is 5.97 Å². The summed E-state index contributed by atoms with van der Waals surface area (Å²) in [5.41, 5.74) is -1.19. The number of hydrogen-bond donors (Lipinski definition) is 3. The molecule has 1 aliphatic carbocycles. The molecule has 0 aliphatic heterocycles. The van der Waals surface area contributed by atoms with Gasteiger partial charge in [0, 0.05) is 13.0 Å². The Morgan fingerprint density at radius 2 is 1.88 bits per heavy atom. The number of ether oxygens (including phenoxy) is 1. The van der Waals surface area contributed by atoms with E-state index in [2.05, 4.69) is 10.0 Å². The number of nitrogens with one attached hydrogen (secondary N) is 2. The molecule has 1 aromatic carbocycles. The van der Waals surface area contributed by atoms with Crippen LogP contribution in [-0.2, 0) is 19.6 Å². The normalized spacial score (nSPS) is 15.9. The maximum Gasteiger partial charge on any atom is 0.329 e. The van der Waals surface area contributed by atoms with Crippen molar-refractivity contribution < 1.29 is 27.9 Å². The van der Waals surface area contributed by atoms with E-state index in [0.717, 1.165) is 6.42 Å². The molecule has 1 amide bonds. The second-order valence-electron chi connectivity index (χ2n) is 5.84. The van der Waals surface area contributed by atoms with Crippen LogP contribution in [0.3, 0.4) is 0 Å². The van der Waals surface area contributed by atoms with Gasteiger partial charge in [0.25, 0.3) is 0 Å². The molecule has 0 heterocycles. The van der Waals surface area contributed by atoms with Gasteiger partial charge in [0.2, 0.25) is 15.9 Å². The van der Waals surface area contributed by atoms with E-state index in [1.807, 2.05) is 6.92 Å². The molecule has 1 aromatic rings. The first-order valence-electron chi connectivity index (χ1n) is 8.06. The molecule has 25 heavy (non-hydrogen) atoms. The summed E-state index contributed by atoms with van der Waals surface area (Å²) in [5, 5.41) is 11.6. The summed E-state index contributed by atoms with van der Waals surface area (Å²) < 4.78 is 31.9. The Morgan fingerprint density at radius 1 is 1.24 bits per heavy atom. The van der Waals surface area contributed by atoms with Crippen LogP contribution >= 0.6 is 0 Å². The van der Waals surface area contributed by atoms with Crippen molar-refractivity contribution in [3.8, 4) is 5.75 Å². The number of carbonyl (C=O) groups is 2. The number of benzene rings is 1. The summed E-state index contributed by atoms with van der Waals surface area (Å²) in [5.74, 6) is -0.973. The summed E-state index contributed by atoms with van der Waals surface area (Å²) in [6.45, 7) is 2.20. The highest BCUT2D eigenvalue weighted by atomic mass is 32.2. The number of amides is 1. The lowest BCUT2D eigenvalue weighted by atomic mass is 9.76. The summed E-state index contributed by atoms with van der Waals surface area (Å²) in [6, 6.07) is 5.94. The number of sulfonamides is 1. The smallest absolute Gasteiger partial charge is 0.329 e. The Kier molecular flexibility index (Phi) is 6.02. The highest BCUT2D eigenvalue weighted by Gasteiger charge is 2.45. The van der Waals surface area contributed by atoms with Crippen molar-refractivity contribution in [3.05, 3.63) is 24.3 Å². The molecule has 1 saturated carbocycles. The molecule has 0 saturated heterocycles. The van der Waals surface area contributed by atoms with Crippen LogP contribution < -0.4 is 14.8 Å². The molecular weight excluding hydrogens is 348 g/mol. The zero-order valence-corrected chi connectivity index (χ0v) is 14.8. The van der Waals surface area contributed by atoms with Gasteiger partial charge in [0.05, 0.1) is 11.5 Å². The largest absolute Gasteiger partial charge is 0.494 e. The van der Waals surface area contributed by atoms with E-state index < -0.39 is 27.4 Å². The third-order valence-corrected chi connectivity index (χ3v) is 5.56. The molecule has 2 rings (SSSR count). The van der Waals surface area contributed by atoms with E-state index in [1.54, 1.807) is 12.1 Å². The zero-order valence-electron chi connectivity index (χ0n) is 13.9. The van der Waals surface area contributed by atoms with Crippen molar-refractivity contribution in [2.24, 2.45) is 0 Å². The molecule has 1 aliphatic rings. The first kappa shape index (κ1) is 19.2. The lowest BCUT2D eigenvalue weighted by Gasteiger charge is -2.38. The third-order valence-electron chi connectivity index (χ3n) is 4.08. The fourth-order valence-electron chi connectivity index (χ4n) is 2.52. The number of carbonyl (C=O) groups excluding carboxylic acids is 1. The van der Waals surface area contributed by atoms with Crippen LogP contribution in [-0.4, -0.2) is 44.1 Å². The first-order valence-corrected chi connectivity index (χ1v) is 9.54. The number of carboxylic acid groups (broad SMARTS) is 1. The van der Waals surface area contributed by atoms with Crippen LogP contribution in [0.25, 0.3) is 0 Å². The first-order chi connectivity index (χ1) is 11.8. The van der Waals surface area contributed by atoms with Gasteiger partial charge < -0.3 is 15.2 Å². The topological polar surface area (TPSA) is 122 Å². The summed E-state index contributed by atoms with van der Waals surface area (Å²) in [4.78, 5) is 23.1. The number of aliphatic carboxylic acids is 1. The quantitative estimate of drug-likeness (QED) is 0.593. The van der Waals surface area contributed by atoms with Crippen LogP contribution in [0.2, 0.25) is 0 Å². The predicted octanol–water partition coefficient (Wildman–Crippen LogP) is 0.877. The molecule has 8 nitrogen and oxygen atoms in total. The number of carboxylic acids is 1. The van der Waals surface area contributed by atoms with Gasteiger partial charge in [-0.3, -0.25) is 4.79 Å². The Hall–Kier alpha value is -2.13. The summed E-state index contributed by atoms with van der Waals surface area (Å²) >= 11 is 0. The Bertz CT molecular complexity index is 725. The van der Waals surface area contributed by atoms with Crippen LogP contribution in [0.15, 0.2) is 29.2 Å². The molecule has 0 spiro atoms. The van der Waals surface area contributed by atoms with Crippen LogP contribution in [0, 0.1) is 0 Å². The van der Waals surface area contributed by atoms with Gasteiger partial charge in [-0.05, 0) is 50.5 Å². The molecule has 0 unspecified atom stereocenters. The third kappa shape index (κ3) is 4.70. The van der Waals surface area contributed by atoms with Crippen molar-refractivity contribution in [1.82, 2.24) is 10.0 Å². The Morgan fingerprint density at radius 3 is 2.36 bits per heavy atom. The molecule has 0 aromatic heterocycles. The van der Waals surface area contributed by atoms with Gasteiger partial charge in [0.15, 0.2) is 0 Å². The van der Waals surface area contributed by atoms with E-state index in [9.17, 15) is 18.0 Å². The maximum atomic E-state index is 12.2. The Balaban J connectivity index is 1.85. The minimum absolute atomic E-state index is 0.0670. The molecule has 0 atom stereocenters. The van der Waals surface area contributed by atoms with Gasteiger partial charge in [-0.1, -0.05) is 0 Å². The second-order valence-corrected chi connectivity index (χ2v) is 7.61. The van der Waals surface area contributed by atoms with Crippen molar-refractivity contribution in [2.75, 3.05) is 13.2 Å². The van der Waals surface area contributed by atoms with E-state index in [0.29, 0.717) is 25.2 Å². The molecule has 0 radical (unpaired) electrons. The van der Waals surface area contributed by atoms with E-state index in [1.165, 1.54) is 12.1 Å². The molecule has 0 bridgehead atoms. The van der Waals surface area contributed by atoms with Crippen molar-refractivity contribution >= 4 is 21.9 Å². The van der Waals surface area contributed by atoms with Crippen molar-refractivity contribution in [1.29, 1.82) is 0 Å². The predicted molar refractivity (Wildman–Crippen MR) is 89.8 cm³/mol. The fraction of sp³-hybridized carbons (Fsp3) is 0.500. The number of rotatable bonds is 9. The van der Waals surface area contributed by atoms with Crippen LogP contribution in [0.1, 0.15) is 32.6 Å². The average molecular weight is 370 g/mol. The van der Waals surface area contributed by atoms with Crippen LogP contribution in [0.4, 0.5) is 0 Å². The van der Waals surface area contributed by atoms with Gasteiger partial charge in [-0.25, -0.2) is 17.9 Å². The van der Waals surface area contributed by atoms with Gasteiger partial charge in [-0.15, -0.1) is 0 Å². The lowest BCUT2D eigenvalue weighted by Crippen LogP contribution is -2.59. The van der Waals surface area contributed by atoms with E-state index in [-0.39, 0.29) is 17.9 Å². The van der Waals surface area contributed by atoms with Crippen molar-refractivity contribution in [2.45, 2.75) is 43.0 Å². The standard InChI is InChI=1S/C16H22N2O6S/c1-2-24-12-4-6-13(7-5-12)25(22,23)17-11-8-14(19)18-16(15(20)21)9-3-10-16/h4-7,17H,2-3,8-11H2,1H3,(H,18,19)(H,20,21). The SMILES string of the molecule is CCOc1ccc(S(=O)(=O)NCCC(=O)NC2(C(=O)O)CCC2)cc1. The highest BCUT2D eigenvalue weighted by molar-refractivity contribution is 7.89. The summed E-state index contributed by atoms with van der Waals surface area (Å²) in [6.07, 6.45) is 1.40. The van der Waals surface area contributed by atoms with E-state index in [4.69, 9.17) is 9.84 Å². The fourth-order valence-corrected chi connectivity index (χ4v) is 3.55. The Labute approximate surface area is 146 Å². The second kappa shape index (κ2) is 7.83. The lowest BCUT2D eigenvalue weighted by molar-refractivity contribution is -0.151. The van der Waals surface area contributed by atoms with Crippen LogP contribution in [0.5, 0.6) is 5.75 Å². The average Bonchev–Trinajstić information content (AvgIpc) is 2.51. The zero-order chi connectivity index (χ0) is 18.5. The monoisotopic (exact) mass is 370 g/mol. The van der Waals surface area contributed by atoms with Crippen molar-refractivity contribution in [3.63, 3.8) is 0 Å². The van der Waals surface area contributed by atoms with Gasteiger partial charge in [0.1, 0.15) is 11.3 Å². The van der Waals surface area contributed by atoms with E-state index >= 15 is 0 Å². The minimum atomic E-state index is -3.74. The van der Waals surface area contributed by atoms with Gasteiger partial charge in [-0.2, -0.15) is 0 Å². The number of hydrogen-bond acceptors (Lipinski definition) is 5. The summed E-state index contributed by atoms with van der Waals surface area (Å²) in [7, 11) is -3.74. The molecule has 3 N–H and O–H groups in total. The molecule has 138 valence electrons. The highest BCUT2D eigenvalue weighted by Crippen LogP contribution is 2.32. The minimum Gasteiger partial charge on any atom is -0.494 e.